The van der Waals surface area contributed by atoms with E-state index in [0.717, 1.165) is 16.5 Å². The molecule has 1 aromatic heterocycles. The van der Waals surface area contributed by atoms with Crippen LogP contribution in [0.3, 0.4) is 0 Å². The van der Waals surface area contributed by atoms with Gasteiger partial charge in [-0.25, -0.2) is 4.79 Å². The molecule has 8 heteroatoms. The van der Waals surface area contributed by atoms with Gasteiger partial charge in [0.05, 0.1) is 11.0 Å². The Kier molecular flexibility index (Phi) is 4.54. The number of hydrogen-bond acceptors (Lipinski definition) is 4. The SMILES string of the molecule is CCC(=O)N1[C@H](c2cccc([N+](=O)[O-])c2)c2[nH]c3ccccc3c2C[C@H]1C(=O)O. The van der Waals surface area contributed by atoms with Crippen molar-refractivity contribution in [1.82, 2.24) is 9.88 Å². The number of aromatic amines is 1. The summed E-state index contributed by atoms with van der Waals surface area (Å²) in [6.07, 6.45) is 0.302. The van der Waals surface area contributed by atoms with Crippen molar-refractivity contribution in [2.45, 2.75) is 31.8 Å². The Balaban J connectivity index is 2.00. The first-order chi connectivity index (χ1) is 13.9. The molecule has 0 aliphatic carbocycles. The molecule has 0 unspecified atom stereocenters. The normalized spacial score (nSPS) is 18.4. The van der Waals surface area contributed by atoms with Crippen molar-refractivity contribution in [3.8, 4) is 0 Å². The first kappa shape index (κ1) is 18.7. The molecule has 3 aromatic rings. The number of fused-ring (bicyclic) bond motifs is 3. The zero-order chi connectivity index (χ0) is 20.7. The van der Waals surface area contributed by atoms with E-state index in [0.29, 0.717) is 11.3 Å². The molecule has 1 amide bonds. The van der Waals surface area contributed by atoms with E-state index >= 15 is 0 Å². The van der Waals surface area contributed by atoms with E-state index < -0.39 is 23.0 Å². The van der Waals surface area contributed by atoms with Crippen LogP contribution < -0.4 is 0 Å². The van der Waals surface area contributed by atoms with Crippen LogP contribution in [0.4, 0.5) is 5.69 Å². The summed E-state index contributed by atoms with van der Waals surface area (Å²) in [4.78, 5) is 40.4. The maximum Gasteiger partial charge on any atom is 0.326 e. The zero-order valence-electron chi connectivity index (χ0n) is 15.7. The highest BCUT2D eigenvalue weighted by atomic mass is 16.6. The number of rotatable bonds is 4. The third-order valence-electron chi connectivity index (χ3n) is 5.40. The molecule has 0 radical (unpaired) electrons. The first-order valence-corrected chi connectivity index (χ1v) is 9.30. The van der Waals surface area contributed by atoms with Crippen molar-refractivity contribution in [2.24, 2.45) is 0 Å². The largest absolute Gasteiger partial charge is 0.480 e. The number of non-ortho nitro benzene ring substituents is 1. The molecule has 0 fully saturated rings. The number of carbonyl (C=O) groups is 2. The minimum atomic E-state index is -1.10. The van der Waals surface area contributed by atoms with Crippen LogP contribution in [0.25, 0.3) is 10.9 Å². The van der Waals surface area contributed by atoms with Crippen LogP contribution in [0.5, 0.6) is 0 Å². The van der Waals surface area contributed by atoms with Crippen molar-refractivity contribution in [3.63, 3.8) is 0 Å². The van der Waals surface area contributed by atoms with Gasteiger partial charge in [-0.3, -0.25) is 14.9 Å². The van der Waals surface area contributed by atoms with Crippen LogP contribution in [0.1, 0.15) is 36.2 Å². The van der Waals surface area contributed by atoms with Crippen LogP contribution in [0.15, 0.2) is 48.5 Å². The highest BCUT2D eigenvalue weighted by Gasteiger charge is 2.43. The fraction of sp³-hybridized carbons (Fsp3) is 0.238. The van der Waals surface area contributed by atoms with E-state index in [9.17, 15) is 24.8 Å². The van der Waals surface area contributed by atoms with E-state index in [1.807, 2.05) is 24.3 Å². The summed E-state index contributed by atoms with van der Waals surface area (Å²) < 4.78 is 0. The van der Waals surface area contributed by atoms with Crippen LogP contribution in [0.2, 0.25) is 0 Å². The van der Waals surface area contributed by atoms with Gasteiger partial charge in [-0.1, -0.05) is 37.3 Å². The van der Waals surface area contributed by atoms with E-state index in [-0.39, 0.29) is 24.4 Å². The van der Waals surface area contributed by atoms with Crippen LogP contribution in [0, 0.1) is 10.1 Å². The number of aromatic nitrogens is 1. The number of nitrogens with zero attached hydrogens (tertiary/aromatic N) is 2. The lowest BCUT2D eigenvalue weighted by atomic mass is 9.87. The van der Waals surface area contributed by atoms with E-state index in [1.54, 1.807) is 19.1 Å². The second-order valence-corrected chi connectivity index (χ2v) is 7.03. The maximum atomic E-state index is 12.8. The summed E-state index contributed by atoms with van der Waals surface area (Å²) in [5.41, 5.74) is 2.75. The summed E-state index contributed by atoms with van der Waals surface area (Å²) in [7, 11) is 0. The van der Waals surface area contributed by atoms with Crippen LogP contribution >= 0.6 is 0 Å². The Hall–Kier alpha value is -3.68. The van der Waals surface area contributed by atoms with Crippen molar-refractivity contribution < 1.29 is 19.6 Å². The van der Waals surface area contributed by atoms with Gasteiger partial charge in [0.2, 0.25) is 5.91 Å². The second-order valence-electron chi connectivity index (χ2n) is 7.03. The minimum absolute atomic E-state index is 0.110. The molecule has 1 aliphatic heterocycles. The van der Waals surface area contributed by atoms with Gasteiger partial charge in [0.25, 0.3) is 5.69 Å². The molecular weight excluding hydrogens is 374 g/mol. The molecule has 0 spiro atoms. The molecule has 1 aliphatic rings. The van der Waals surface area contributed by atoms with Crippen molar-refractivity contribution in [1.29, 1.82) is 0 Å². The molecule has 148 valence electrons. The summed E-state index contributed by atoms with van der Waals surface area (Å²) in [5.74, 6) is -1.42. The smallest absolute Gasteiger partial charge is 0.326 e. The number of carboxylic acid groups (broad SMARTS) is 1. The second kappa shape index (κ2) is 7.05. The molecular formula is C21H19N3O5. The zero-order valence-corrected chi connectivity index (χ0v) is 15.7. The third-order valence-corrected chi connectivity index (χ3v) is 5.40. The molecule has 2 aromatic carbocycles. The number of H-pyrrole nitrogens is 1. The van der Waals surface area contributed by atoms with Gasteiger partial charge in [-0.05, 0) is 17.2 Å². The highest BCUT2D eigenvalue weighted by molar-refractivity contribution is 5.90. The standard InChI is InChI=1S/C21H19N3O5/c1-2-18(25)23-17(21(26)27)11-15-14-8-3-4-9-16(14)22-19(15)20(23)12-6-5-7-13(10-12)24(28)29/h3-10,17,20,22H,2,11H2,1H3,(H,26,27)/t17-,20+/m0/s1. The number of para-hydroxylation sites is 1. The molecule has 2 heterocycles. The fourth-order valence-corrected chi connectivity index (χ4v) is 4.13. The topological polar surface area (TPSA) is 117 Å². The number of nitrogens with one attached hydrogen (secondary N) is 1. The predicted octanol–water partition coefficient (Wildman–Crippen LogP) is 3.41. The number of aliphatic carboxylic acids is 1. The van der Waals surface area contributed by atoms with Gasteiger partial charge in [-0.15, -0.1) is 0 Å². The quantitative estimate of drug-likeness (QED) is 0.520. The number of hydrogen-bond donors (Lipinski definition) is 2. The van der Waals surface area contributed by atoms with Crippen LogP contribution in [-0.4, -0.2) is 37.8 Å². The van der Waals surface area contributed by atoms with Gasteiger partial charge in [0, 0.05) is 41.6 Å². The number of carbonyl (C=O) groups excluding carboxylic acids is 1. The highest BCUT2D eigenvalue weighted by Crippen LogP contribution is 2.41. The van der Waals surface area contributed by atoms with Gasteiger partial charge in [-0.2, -0.15) is 0 Å². The molecule has 2 atom stereocenters. The minimum Gasteiger partial charge on any atom is -0.480 e. The lowest BCUT2D eigenvalue weighted by Crippen LogP contribution is -2.51. The number of amides is 1. The monoisotopic (exact) mass is 393 g/mol. The lowest BCUT2D eigenvalue weighted by molar-refractivity contribution is -0.384. The summed E-state index contributed by atoms with van der Waals surface area (Å²) >= 11 is 0. The maximum absolute atomic E-state index is 12.8. The Labute approximate surface area is 165 Å². The molecule has 0 saturated carbocycles. The number of benzene rings is 2. The average Bonchev–Trinajstić information content (AvgIpc) is 3.10. The van der Waals surface area contributed by atoms with Crippen molar-refractivity contribution in [2.75, 3.05) is 0 Å². The van der Waals surface area contributed by atoms with E-state index in [1.165, 1.54) is 17.0 Å². The van der Waals surface area contributed by atoms with Crippen molar-refractivity contribution >= 4 is 28.5 Å². The van der Waals surface area contributed by atoms with Gasteiger partial charge in [0.1, 0.15) is 6.04 Å². The van der Waals surface area contributed by atoms with Gasteiger partial charge < -0.3 is 15.0 Å². The van der Waals surface area contributed by atoms with Crippen LogP contribution in [-0.2, 0) is 16.0 Å². The average molecular weight is 393 g/mol. The fourth-order valence-electron chi connectivity index (χ4n) is 4.13. The van der Waals surface area contributed by atoms with Gasteiger partial charge in [0.15, 0.2) is 0 Å². The molecule has 0 bridgehead atoms. The summed E-state index contributed by atoms with van der Waals surface area (Å²) in [5, 5.41) is 22.1. The molecule has 2 N–H and O–H groups in total. The Morgan fingerprint density at radius 2 is 2.00 bits per heavy atom. The lowest BCUT2D eigenvalue weighted by Gasteiger charge is -2.40. The van der Waals surface area contributed by atoms with E-state index in [4.69, 9.17) is 0 Å². The van der Waals surface area contributed by atoms with Gasteiger partial charge >= 0.3 is 5.97 Å². The summed E-state index contributed by atoms with van der Waals surface area (Å²) in [6, 6.07) is 11.7. The first-order valence-electron chi connectivity index (χ1n) is 9.30. The molecule has 4 rings (SSSR count). The predicted molar refractivity (Wildman–Crippen MR) is 106 cm³/mol. The Morgan fingerprint density at radius 3 is 2.69 bits per heavy atom. The number of nitro benzene ring substituents is 1. The van der Waals surface area contributed by atoms with E-state index in [2.05, 4.69) is 4.98 Å². The Bertz CT molecular complexity index is 1140. The number of carboxylic acids is 1. The molecule has 8 nitrogen and oxygen atoms in total. The summed E-state index contributed by atoms with van der Waals surface area (Å²) in [6.45, 7) is 1.67. The molecule has 0 saturated heterocycles. The van der Waals surface area contributed by atoms with Crippen molar-refractivity contribution in [3.05, 3.63) is 75.5 Å². The number of nitro groups is 1. The molecule has 29 heavy (non-hydrogen) atoms. The Morgan fingerprint density at radius 1 is 1.24 bits per heavy atom. The third kappa shape index (κ3) is 3.02.